The molecule has 1 aliphatic heterocycles. The second-order valence-corrected chi connectivity index (χ2v) is 6.53. The van der Waals surface area contributed by atoms with Crippen molar-refractivity contribution in [2.45, 2.75) is 31.8 Å². The fraction of sp³-hybridized carbons (Fsp3) is 0.333. The van der Waals surface area contributed by atoms with E-state index in [1.165, 1.54) is 6.07 Å². The fourth-order valence-electron chi connectivity index (χ4n) is 3.06. The lowest BCUT2D eigenvalue weighted by atomic mass is 10.1. The number of nitrogens with one attached hydrogen (secondary N) is 2. The summed E-state index contributed by atoms with van der Waals surface area (Å²) < 4.78 is 19.2. The van der Waals surface area contributed by atoms with Crippen LogP contribution in [0.25, 0.3) is 0 Å². The third-order valence-corrected chi connectivity index (χ3v) is 4.54. The number of amides is 2. The normalized spacial score (nSPS) is 16.1. The molecule has 2 N–H and O–H groups in total. The first-order valence-electron chi connectivity index (χ1n) is 9.15. The summed E-state index contributed by atoms with van der Waals surface area (Å²) in [5.74, 6) is -0.840. The van der Waals surface area contributed by atoms with Crippen molar-refractivity contribution in [1.29, 1.82) is 0 Å². The van der Waals surface area contributed by atoms with Gasteiger partial charge in [0.05, 0.1) is 17.4 Å². The number of anilines is 1. The maximum Gasteiger partial charge on any atom is 0.253 e. The van der Waals surface area contributed by atoms with Gasteiger partial charge in [-0.2, -0.15) is 0 Å². The molecule has 5 nitrogen and oxygen atoms in total. The maximum atomic E-state index is 13.7. The third-order valence-electron chi connectivity index (χ3n) is 4.54. The minimum atomic E-state index is -0.320. The van der Waals surface area contributed by atoms with Gasteiger partial charge in [-0.15, -0.1) is 0 Å². The van der Waals surface area contributed by atoms with Gasteiger partial charge in [-0.05, 0) is 43.0 Å². The summed E-state index contributed by atoms with van der Waals surface area (Å²) in [6.07, 6.45) is 2.43. The standard InChI is InChI=1S/C21H23FN2O3/c22-18-9-3-1-6-15(18)11-12-20(25)24-19-10-4-2-8-17(19)21(26)23-14-16-7-5-13-27-16/h1-4,6,8-10,16H,5,7,11-14H2,(H,23,26)(H,24,25)/t16-/m1/s1. The molecule has 1 atom stereocenters. The first kappa shape index (κ1) is 19.0. The summed E-state index contributed by atoms with van der Waals surface area (Å²) in [6, 6.07) is 13.2. The Kier molecular flexibility index (Phi) is 6.54. The van der Waals surface area contributed by atoms with Crippen LogP contribution >= 0.6 is 0 Å². The van der Waals surface area contributed by atoms with Gasteiger partial charge in [0.25, 0.3) is 5.91 Å². The van der Waals surface area contributed by atoms with Crippen LogP contribution in [0.5, 0.6) is 0 Å². The van der Waals surface area contributed by atoms with Gasteiger partial charge < -0.3 is 15.4 Å². The molecule has 2 aromatic carbocycles. The van der Waals surface area contributed by atoms with Crippen LogP contribution in [0.1, 0.15) is 35.2 Å². The van der Waals surface area contributed by atoms with Gasteiger partial charge in [-0.1, -0.05) is 30.3 Å². The van der Waals surface area contributed by atoms with Gasteiger partial charge in [0.15, 0.2) is 0 Å². The summed E-state index contributed by atoms with van der Waals surface area (Å²) in [5, 5.41) is 5.61. The molecule has 0 radical (unpaired) electrons. The minimum Gasteiger partial charge on any atom is -0.376 e. The minimum absolute atomic E-state index is 0.0523. The highest BCUT2D eigenvalue weighted by Gasteiger charge is 2.18. The lowest BCUT2D eigenvalue weighted by molar-refractivity contribution is -0.116. The molecule has 0 aliphatic carbocycles. The van der Waals surface area contributed by atoms with Crippen LogP contribution in [-0.4, -0.2) is 31.1 Å². The second-order valence-electron chi connectivity index (χ2n) is 6.53. The van der Waals surface area contributed by atoms with Crippen molar-refractivity contribution in [2.24, 2.45) is 0 Å². The molecular formula is C21H23FN2O3. The Morgan fingerprint density at radius 1 is 1.11 bits per heavy atom. The van der Waals surface area contributed by atoms with Crippen LogP contribution in [-0.2, 0) is 16.0 Å². The molecule has 6 heteroatoms. The number of ether oxygens (including phenoxy) is 1. The van der Waals surface area contributed by atoms with Crippen molar-refractivity contribution in [1.82, 2.24) is 5.32 Å². The molecule has 0 aromatic heterocycles. The predicted molar refractivity (Wildman–Crippen MR) is 101 cm³/mol. The fourth-order valence-corrected chi connectivity index (χ4v) is 3.06. The summed E-state index contributed by atoms with van der Waals surface area (Å²) >= 11 is 0. The van der Waals surface area contributed by atoms with Crippen molar-refractivity contribution < 1.29 is 18.7 Å². The molecule has 2 amide bonds. The highest BCUT2D eigenvalue weighted by molar-refractivity contribution is 6.03. The number of aryl methyl sites for hydroxylation is 1. The first-order chi connectivity index (χ1) is 13.1. The smallest absolute Gasteiger partial charge is 0.253 e. The lowest BCUT2D eigenvalue weighted by Gasteiger charge is -2.14. The molecule has 0 spiro atoms. The van der Waals surface area contributed by atoms with Crippen molar-refractivity contribution in [3.05, 3.63) is 65.5 Å². The zero-order valence-electron chi connectivity index (χ0n) is 15.0. The van der Waals surface area contributed by atoms with E-state index >= 15 is 0 Å². The van der Waals surface area contributed by atoms with Crippen LogP contribution in [0.2, 0.25) is 0 Å². The van der Waals surface area contributed by atoms with Gasteiger partial charge in [0.1, 0.15) is 5.82 Å². The molecule has 0 saturated carbocycles. The monoisotopic (exact) mass is 370 g/mol. The number of benzene rings is 2. The van der Waals surface area contributed by atoms with Gasteiger partial charge in [-0.3, -0.25) is 9.59 Å². The number of para-hydroxylation sites is 1. The zero-order chi connectivity index (χ0) is 19.1. The van der Waals surface area contributed by atoms with E-state index < -0.39 is 0 Å². The van der Waals surface area contributed by atoms with Crippen LogP contribution in [0.4, 0.5) is 10.1 Å². The topological polar surface area (TPSA) is 67.4 Å². The third kappa shape index (κ3) is 5.37. The molecular weight excluding hydrogens is 347 g/mol. The van der Waals surface area contributed by atoms with E-state index in [0.717, 1.165) is 19.4 Å². The number of hydrogen-bond donors (Lipinski definition) is 2. The van der Waals surface area contributed by atoms with E-state index in [9.17, 15) is 14.0 Å². The zero-order valence-corrected chi connectivity index (χ0v) is 15.0. The predicted octanol–water partition coefficient (Wildman–Crippen LogP) is 3.31. The second kappa shape index (κ2) is 9.28. The van der Waals surface area contributed by atoms with Gasteiger partial charge in [0.2, 0.25) is 5.91 Å². The number of carbonyl (C=O) groups excluding carboxylic acids is 2. The summed E-state index contributed by atoms with van der Waals surface area (Å²) in [6.45, 7) is 1.18. The van der Waals surface area contributed by atoms with E-state index in [0.29, 0.717) is 29.8 Å². The largest absolute Gasteiger partial charge is 0.376 e. The van der Waals surface area contributed by atoms with E-state index in [2.05, 4.69) is 10.6 Å². The molecule has 1 saturated heterocycles. The average molecular weight is 370 g/mol. The summed E-state index contributed by atoms with van der Waals surface area (Å²) in [5.41, 5.74) is 1.34. The lowest BCUT2D eigenvalue weighted by Crippen LogP contribution is -2.32. The Balaban J connectivity index is 1.57. The van der Waals surface area contributed by atoms with Crippen LogP contribution in [0.15, 0.2) is 48.5 Å². The molecule has 142 valence electrons. The summed E-state index contributed by atoms with van der Waals surface area (Å²) in [4.78, 5) is 24.7. The van der Waals surface area contributed by atoms with E-state index in [-0.39, 0.29) is 30.2 Å². The number of hydrogen-bond acceptors (Lipinski definition) is 3. The first-order valence-corrected chi connectivity index (χ1v) is 9.15. The maximum absolute atomic E-state index is 13.7. The molecule has 0 bridgehead atoms. The number of halogens is 1. The van der Waals surface area contributed by atoms with Gasteiger partial charge >= 0.3 is 0 Å². The molecule has 1 fully saturated rings. The Bertz CT molecular complexity index is 804. The Morgan fingerprint density at radius 2 is 1.89 bits per heavy atom. The van der Waals surface area contributed by atoms with Crippen LogP contribution in [0, 0.1) is 5.82 Å². The van der Waals surface area contributed by atoms with Crippen molar-refractivity contribution in [2.75, 3.05) is 18.5 Å². The number of carbonyl (C=O) groups is 2. The van der Waals surface area contributed by atoms with Gasteiger partial charge in [-0.25, -0.2) is 4.39 Å². The molecule has 2 aromatic rings. The van der Waals surface area contributed by atoms with Crippen molar-refractivity contribution in [3.8, 4) is 0 Å². The highest BCUT2D eigenvalue weighted by Crippen LogP contribution is 2.17. The van der Waals surface area contributed by atoms with Crippen LogP contribution < -0.4 is 10.6 Å². The molecule has 27 heavy (non-hydrogen) atoms. The Morgan fingerprint density at radius 3 is 2.67 bits per heavy atom. The molecule has 1 heterocycles. The van der Waals surface area contributed by atoms with E-state index in [1.807, 2.05) is 0 Å². The van der Waals surface area contributed by atoms with Crippen LogP contribution in [0.3, 0.4) is 0 Å². The average Bonchev–Trinajstić information content (AvgIpc) is 3.19. The Hall–Kier alpha value is -2.73. The summed E-state index contributed by atoms with van der Waals surface area (Å²) in [7, 11) is 0. The van der Waals surface area contributed by atoms with Crippen molar-refractivity contribution in [3.63, 3.8) is 0 Å². The van der Waals surface area contributed by atoms with E-state index in [1.54, 1.807) is 42.5 Å². The SMILES string of the molecule is O=C(CCc1ccccc1F)Nc1ccccc1C(=O)NC[C@H]1CCCO1. The highest BCUT2D eigenvalue weighted by atomic mass is 19.1. The molecule has 1 aliphatic rings. The molecule has 3 rings (SSSR count). The Labute approximate surface area is 157 Å². The molecule has 0 unspecified atom stereocenters. The number of rotatable bonds is 7. The van der Waals surface area contributed by atoms with Crippen molar-refractivity contribution >= 4 is 17.5 Å². The quantitative estimate of drug-likeness (QED) is 0.786. The van der Waals surface area contributed by atoms with Gasteiger partial charge in [0, 0.05) is 19.6 Å². The van der Waals surface area contributed by atoms with E-state index in [4.69, 9.17) is 4.74 Å².